The molecule has 8 N–H and O–H groups in total. The Bertz CT molecular complexity index is 3550. The van der Waals surface area contributed by atoms with Gasteiger partial charge < -0.3 is 70.0 Å². The Morgan fingerprint density at radius 3 is 2.18 bits per heavy atom. The first kappa shape index (κ1) is 62.9. The predicted molar refractivity (Wildman–Crippen MR) is 304 cm³/mol. The van der Waals surface area contributed by atoms with E-state index in [9.17, 15) is 53.1 Å². The molecule has 28 nitrogen and oxygen atoms in total. The molecule has 1 spiro atoms. The summed E-state index contributed by atoms with van der Waals surface area (Å²) in [5, 5.41) is 21.0. The van der Waals surface area contributed by atoms with Crippen molar-refractivity contribution < 1.29 is 86.2 Å². The van der Waals surface area contributed by atoms with Gasteiger partial charge in [0.25, 0.3) is 17.4 Å². The molecule has 4 unspecified atom stereocenters. The summed E-state index contributed by atoms with van der Waals surface area (Å²) in [4.78, 5) is 143. The highest BCUT2D eigenvalue weighted by molar-refractivity contribution is 6.08. The van der Waals surface area contributed by atoms with Crippen molar-refractivity contribution in [2.45, 2.75) is 82.1 Å². The maximum absolute atomic E-state index is 14.2. The average molecular weight is 1200 g/mol. The Morgan fingerprint density at radius 2 is 1.47 bits per heavy atom. The van der Waals surface area contributed by atoms with Crippen LogP contribution in [-0.2, 0) is 69.3 Å². The summed E-state index contributed by atoms with van der Waals surface area (Å²) in [5.41, 5.74) is 5.35. The largest absolute Gasteiger partial charge is 0.480 e. The molecule has 0 saturated heterocycles. The standard InChI is InChI=1S/C59H63N9O19/c1-80-25-27-82-46(70)19-21-48(72)84-36-13-15-39-43(29-36)86-44-30-37(85-49(73)22-20-47(71)83-28-26-81-2)14-16-40(44)59(39)41-8-6-7-38(50(41)57(79)87-59)54(75)62-24-5-3-4-23-61-45(69)18-17-42(56(77)78)66-53(74)33-9-11-34(12-10-33)63-31-35-32-64-52-51(65-35)55(76)68-58(60)67-52/h6-16,29-30,32,36,39,42,63H,3-5,17-28,31H2,1-2H3,(H,61,69)(H,62,75)(H,66,74)(H,77,78)(H3,60,64,67,68,76). The van der Waals surface area contributed by atoms with Crippen molar-refractivity contribution in [3.05, 3.63) is 135 Å². The van der Waals surface area contributed by atoms with E-state index in [2.05, 4.69) is 41.2 Å². The highest BCUT2D eigenvalue weighted by Gasteiger charge is 2.58. The predicted octanol–water partition coefficient (Wildman–Crippen LogP) is 3.22. The quantitative estimate of drug-likeness (QED) is 0.0114. The van der Waals surface area contributed by atoms with Crippen LogP contribution in [0, 0.1) is 5.92 Å². The van der Waals surface area contributed by atoms with Crippen LogP contribution in [0.25, 0.3) is 11.2 Å². The van der Waals surface area contributed by atoms with Gasteiger partial charge in [0.1, 0.15) is 42.6 Å². The number of carboxylic acid groups (broad SMARTS) is 1. The molecule has 1 aliphatic carbocycles. The van der Waals surface area contributed by atoms with E-state index in [0.717, 1.165) is 0 Å². The van der Waals surface area contributed by atoms with Crippen LogP contribution in [0.3, 0.4) is 0 Å². The SMILES string of the molecule is COCCOC(=O)CCC(=O)Oc1ccc2c(c1)OC1=CC(OC(=O)CCC(=O)OCCOC)C=CC1C21OC(=O)c2c(C(=O)NCCCCCNC(=O)CCC(NC(=O)c3ccc(NCc4cnc5nc(N)[nH]c(=O)c5n4)cc3)C(=O)O)cccc21. The lowest BCUT2D eigenvalue weighted by molar-refractivity contribution is -0.151. The smallest absolute Gasteiger partial charge is 0.340 e. The fourth-order valence-electron chi connectivity index (χ4n) is 9.58. The summed E-state index contributed by atoms with van der Waals surface area (Å²) < 4.78 is 43.8. The number of nitrogens with two attached hydrogens (primary N) is 1. The summed E-state index contributed by atoms with van der Waals surface area (Å²) in [6.07, 6.45) is 5.23. The number of anilines is 2. The summed E-state index contributed by atoms with van der Waals surface area (Å²) in [6, 6.07) is 14.0. The first-order valence-electron chi connectivity index (χ1n) is 27.7. The summed E-state index contributed by atoms with van der Waals surface area (Å²) in [5.74, 6) is -7.18. The molecule has 28 heteroatoms. The van der Waals surface area contributed by atoms with Gasteiger partial charge in [-0.15, -0.1) is 0 Å². The Labute approximate surface area is 495 Å². The van der Waals surface area contributed by atoms with Crippen molar-refractivity contribution in [2.75, 3.05) is 64.8 Å². The van der Waals surface area contributed by atoms with E-state index >= 15 is 0 Å². The number of unbranched alkanes of at least 4 members (excludes halogenated alkanes) is 2. The first-order valence-corrected chi connectivity index (χ1v) is 27.7. The molecule has 458 valence electrons. The number of aliphatic carboxylic acids is 1. The van der Waals surface area contributed by atoms with Gasteiger partial charge in [0.05, 0.1) is 74.4 Å². The highest BCUT2D eigenvalue weighted by atomic mass is 16.6. The molecule has 0 saturated carbocycles. The summed E-state index contributed by atoms with van der Waals surface area (Å²) in [7, 11) is 2.91. The number of nitrogens with zero attached hydrogens (tertiary/aromatic N) is 3. The lowest BCUT2D eigenvalue weighted by Gasteiger charge is -2.43. The molecular formula is C59H63N9O19. The molecule has 0 fully saturated rings. The number of aromatic nitrogens is 4. The normalized spacial score (nSPS) is 16.3. The van der Waals surface area contributed by atoms with Gasteiger partial charge in [-0.05, 0) is 80.3 Å². The van der Waals surface area contributed by atoms with E-state index < -0.39 is 82.8 Å². The second-order valence-electron chi connectivity index (χ2n) is 19.9. The number of nitrogen functional groups attached to an aromatic ring is 1. The fourth-order valence-corrected chi connectivity index (χ4v) is 9.58. The number of ether oxygens (including phenoxy) is 8. The molecule has 3 aromatic carbocycles. The number of aromatic amines is 1. The number of H-pyrrole nitrogens is 1. The molecule has 2 aliphatic heterocycles. The zero-order chi connectivity index (χ0) is 62.0. The van der Waals surface area contributed by atoms with E-state index in [1.165, 1.54) is 56.8 Å². The molecule has 2 aromatic heterocycles. The Kier molecular flexibility index (Phi) is 21.4. The average Bonchev–Trinajstić information content (AvgIpc) is 1.62. The van der Waals surface area contributed by atoms with Crippen molar-refractivity contribution >= 4 is 76.3 Å². The summed E-state index contributed by atoms with van der Waals surface area (Å²) in [6.45, 7) is 1.03. The lowest BCUT2D eigenvalue weighted by atomic mass is 9.71. The number of methoxy groups -OCH3 is 2. The Morgan fingerprint density at radius 1 is 0.770 bits per heavy atom. The van der Waals surface area contributed by atoms with Gasteiger partial charge in [0.2, 0.25) is 11.9 Å². The van der Waals surface area contributed by atoms with Crippen molar-refractivity contribution in [3.8, 4) is 11.5 Å². The van der Waals surface area contributed by atoms with Crippen molar-refractivity contribution in [1.82, 2.24) is 35.9 Å². The van der Waals surface area contributed by atoms with Gasteiger partial charge >= 0.3 is 35.8 Å². The molecule has 5 aromatic rings. The number of hydrogen-bond acceptors (Lipinski definition) is 23. The van der Waals surface area contributed by atoms with Gasteiger partial charge in [-0.1, -0.05) is 18.2 Å². The second kappa shape index (κ2) is 29.6. The van der Waals surface area contributed by atoms with Crippen molar-refractivity contribution in [2.24, 2.45) is 5.92 Å². The number of amides is 3. The van der Waals surface area contributed by atoms with Gasteiger partial charge in [0, 0.05) is 62.2 Å². The van der Waals surface area contributed by atoms with E-state index in [1.54, 1.807) is 42.5 Å². The number of carboxylic acids is 1. The number of rotatable bonds is 30. The lowest BCUT2D eigenvalue weighted by Crippen LogP contribution is -2.43. The van der Waals surface area contributed by atoms with Crippen molar-refractivity contribution in [1.29, 1.82) is 0 Å². The number of nitrogens with one attached hydrogen (secondary N) is 5. The zero-order valence-electron chi connectivity index (χ0n) is 47.3. The third-order valence-electron chi connectivity index (χ3n) is 13.8. The van der Waals surface area contributed by atoms with Crippen LogP contribution in [0.2, 0.25) is 0 Å². The molecule has 0 bridgehead atoms. The number of fused-ring (bicyclic) bond motifs is 7. The van der Waals surface area contributed by atoms with Crippen LogP contribution in [0.15, 0.2) is 95.6 Å². The van der Waals surface area contributed by atoms with Gasteiger partial charge in [-0.25, -0.2) is 19.6 Å². The zero-order valence-corrected chi connectivity index (χ0v) is 47.3. The van der Waals surface area contributed by atoms with E-state index in [0.29, 0.717) is 41.8 Å². The maximum atomic E-state index is 14.2. The van der Waals surface area contributed by atoms with Gasteiger partial charge in [-0.2, -0.15) is 4.98 Å². The van der Waals surface area contributed by atoms with E-state index in [4.69, 9.17) is 43.6 Å². The Balaban J connectivity index is 0.830. The van der Waals surface area contributed by atoms with E-state index in [-0.39, 0.29) is 136 Å². The van der Waals surface area contributed by atoms with Crippen LogP contribution in [0.5, 0.6) is 11.5 Å². The minimum absolute atomic E-state index is 0.0124. The minimum Gasteiger partial charge on any atom is -0.480 e. The Hall–Kier alpha value is -10.1. The number of benzene rings is 3. The molecule has 8 rings (SSSR count). The van der Waals surface area contributed by atoms with Gasteiger partial charge in [-0.3, -0.25) is 43.3 Å². The minimum atomic E-state index is -1.66. The number of hydrogen-bond donors (Lipinski definition) is 7. The first-order chi connectivity index (χ1) is 42.0. The number of esters is 5. The summed E-state index contributed by atoms with van der Waals surface area (Å²) >= 11 is 0. The topological polar surface area (TPSA) is 393 Å². The number of carbonyl (C=O) groups is 9. The molecule has 0 radical (unpaired) electrons. The molecule has 3 amide bonds. The highest BCUT2D eigenvalue weighted by Crippen LogP contribution is 2.57. The monoisotopic (exact) mass is 1200 g/mol. The van der Waals surface area contributed by atoms with Crippen LogP contribution in [-0.4, -0.2) is 144 Å². The molecule has 4 atom stereocenters. The molecule has 3 aliphatic rings. The molecular weight excluding hydrogens is 1140 g/mol. The van der Waals surface area contributed by atoms with E-state index in [1.807, 2.05) is 0 Å². The third-order valence-corrected chi connectivity index (χ3v) is 13.8. The number of carbonyl (C=O) groups excluding carboxylic acids is 8. The van der Waals surface area contributed by atoms with Crippen molar-refractivity contribution in [3.63, 3.8) is 0 Å². The third kappa shape index (κ3) is 16.2. The van der Waals surface area contributed by atoms with Crippen LogP contribution >= 0.6 is 0 Å². The van der Waals surface area contributed by atoms with Gasteiger partial charge in [0.15, 0.2) is 16.8 Å². The second-order valence-corrected chi connectivity index (χ2v) is 19.9. The van der Waals surface area contributed by atoms with Crippen LogP contribution < -0.4 is 42.0 Å². The molecule has 4 heterocycles. The maximum Gasteiger partial charge on any atom is 0.340 e. The molecule has 87 heavy (non-hydrogen) atoms. The van der Waals surface area contributed by atoms with Crippen LogP contribution in [0.4, 0.5) is 11.6 Å². The van der Waals surface area contributed by atoms with Crippen LogP contribution in [0.1, 0.15) is 106 Å². The fraction of sp³-hybridized carbons (Fsp3) is 0.373.